The van der Waals surface area contributed by atoms with Crippen LogP contribution in [0.25, 0.3) is 0 Å². The van der Waals surface area contributed by atoms with Gasteiger partial charge in [-0.05, 0) is 32.0 Å². The molecule has 0 saturated carbocycles. The fraction of sp³-hybridized carbons (Fsp3) is 0.222. The molecule has 8 nitrogen and oxygen atoms in total. The lowest BCUT2D eigenvalue weighted by Crippen LogP contribution is -2.30. The van der Waals surface area contributed by atoms with Crippen LogP contribution in [0.1, 0.15) is 22.8 Å². The minimum absolute atomic E-state index is 0.000702. The summed E-state index contributed by atoms with van der Waals surface area (Å²) < 4.78 is 10.2. The maximum absolute atomic E-state index is 12.2. The number of benzene rings is 2. The molecule has 136 valence electrons. The summed E-state index contributed by atoms with van der Waals surface area (Å²) in [5, 5.41) is 13.6. The van der Waals surface area contributed by atoms with Crippen molar-refractivity contribution in [2.75, 3.05) is 12.4 Å². The highest BCUT2D eigenvalue weighted by Crippen LogP contribution is 2.24. The minimum Gasteiger partial charge on any atom is -0.495 e. The smallest absolute Gasteiger partial charge is 0.339 e. The Bertz CT molecular complexity index is 849. The van der Waals surface area contributed by atoms with E-state index in [2.05, 4.69) is 5.32 Å². The Hall–Kier alpha value is -3.42. The highest BCUT2D eigenvalue weighted by Gasteiger charge is 2.22. The summed E-state index contributed by atoms with van der Waals surface area (Å²) in [6.45, 7) is 2.97. The van der Waals surface area contributed by atoms with Gasteiger partial charge in [0.15, 0.2) is 6.10 Å². The number of rotatable bonds is 6. The Kier molecular flexibility index (Phi) is 5.90. The van der Waals surface area contributed by atoms with Gasteiger partial charge in [0, 0.05) is 11.6 Å². The normalized spacial score (nSPS) is 11.3. The van der Waals surface area contributed by atoms with Crippen molar-refractivity contribution in [2.24, 2.45) is 0 Å². The summed E-state index contributed by atoms with van der Waals surface area (Å²) in [5.74, 6) is -0.909. The lowest BCUT2D eigenvalue weighted by Gasteiger charge is -2.15. The molecule has 26 heavy (non-hydrogen) atoms. The Balaban J connectivity index is 2.08. The van der Waals surface area contributed by atoms with Crippen molar-refractivity contribution in [3.63, 3.8) is 0 Å². The molecule has 0 aromatic heterocycles. The number of nitro groups is 1. The molecular formula is C18H18N2O6. The zero-order valence-corrected chi connectivity index (χ0v) is 14.5. The number of ether oxygens (including phenoxy) is 2. The largest absolute Gasteiger partial charge is 0.495 e. The molecule has 8 heteroatoms. The van der Waals surface area contributed by atoms with Crippen molar-refractivity contribution < 1.29 is 24.0 Å². The number of carbonyl (C=O) groups is 2. The van der Waals surface area contributed by atoms with E-state index in [1.54, 1.807) is 31.2 Å². The lowest BCUT2D eigenvalue weighted by molar-refractivity contribution is -0.385. The number of hydrogen-bond acceptors (Lipinski definition) is 6. The van der Waals surface area contributed by atoms with Crippen LogP contribution in [0.5, 0.6) is 5.75 Å². The molecule has 0 fully saturated rings. The van der Waals surface area contributed by atoms with E-state index < -0.39 is 22.9 Å². The van der Waals surface area contributed by atoms with Crippen LogP contribution < -0.4 is 10.1 Å². The fourth-order valence-electron chi connectivity index (χ4n) is 2.20. The molecule has 0 heterocycles. The number of esters is 1. The number of nitrogens with one attached hydrogen (secondary N) is 1. The van der Waals surface area contributed by atoms with E-state index in [1.807, 2.05) is 0 Å². The number of aryl methyl sites for hydroxylation is 1. The van der Waals surface area contributed by atoms with E-state index in [0.29, 0.717) is 17.0 Å². The van der Waals surface area contributed by atoms with E-state index in [9.17, 15) is 19.7 Å². The van der Waals surface area contributed by atoms with Crippen LogP contribution in [0.3, 0.4) is 0 Å². The molecular weight excluding hydrogens is 340 g/mol. The summed E-state index contributed by atoms with van der Waals surface area (Å²) >= 11 is 0. The predicted octanol–water partition coefficient (Wildman–Crippen LogP) is 3.10. The third-order valence-electron chi connectivity index (χ3n) is 3.66. The van der Waals surface area contributed by atoms with Gasteiger partial charge >= 0.3 is 5.97 Å². The zero-order chi connectivity index (χ0) is 19.3. The summed E-state index contributed by atoms with van der Waals surface area (Å²) in [4.78, 5) is 34.8. The Morgan fingerprint density at radius 1 is 1.19 bits per heavy atom. The van der Waals surface area contributed by atoms with Gasteiger partial charge in [0.25, 0.3) is 11.6 Å². The van der Waals surface area contributed by atoms with E-state index in [4.69, 9.17) is 9.47 Å². The first-order chi connectivity index (χ1) is 12.3. The van der Waals surface area contributed by atoms with E-state index in [0.717, 1.165) is 6.07 Å². The van der Waals surface area contributed by atoms with Gasteiger partial charge in [-0.15, -0.1) is 0 Å². The molecule has 0 unspecified atom stereocenters. The molecule has 2 aromatic rings. The number of nitro benzene ring substituents is 1. The number of hydrogen-bond donors (Lipinski definition) is 1. The first kappa shape index (κ1) is 18.9. The number of amides is 1. The highest BCUT2D eigenvalue weighted by molar-refractivity contribution is 5.98. The van der Waals surface area contributed by atoms with Crippen LogP contribution in [-0.4, -0.2) is 30.0 Å². The lowest BCUT2D eigenvalue weighted by atomic mass is 10.1. The average Bonchev–Trinajstić information content (AvgIpc) is 2.62. The van der Waals surface area contributed by atoms with Gasteiger partial charge in [0.2, 0.25) is 0 Å². The molecule has 1 atom stereocenters. The second kappa shape index (κ2) is 8.11. The number of anilines is 1. The van der Waals surface area contributed by atoms with Crippen molar-refractivity contribution in [3.05, 3.63) is 63.7 Å². The second-order valence-corrected chi connectivity index (χ2v) is 5.50. The average molecular weight is 358 g/mol. The van der Waals surface area contributed by atoms with Crippen LogP contribution in [0.15, 0.2) is 42.5 Å². The van der Waals surface area contributed by atoms with Gasteiger partial charge in [-0.3, -0.25) is 14.9 Å². The third kappa shape index (κ3) is 4.35. The number of carbonyl (C=O) groups excluding carboxylic acids is 2. The second-order valence-electron chi connectivity index (χ2n) is 5.50. The molecule has 0 aliphatic rings. The molecule has 0 radical (unpaired) electrons. The summed E-state index contributed by atoms with van der Waals surface area (Å²) in [6, 6.07) is 10.8. The maximum Gasteiger partial charge on any atom is 0.339 e. The summed E-state index contributed by atoms with van der Waals surface area (Å²) in [7, 11) is 1.47. The molecule has 0 bridgehead atoms. The van der Waals surface area contributed by atoms with E-state index >= 15 is 0 Å². The quantitative estimate of drug-likeness (QED) is 0.483. The van der Waals surface area contributed by atoms with Gasteiger partial charge in [-0.1, -0.05) is 18.2 Å². The third-order valence-corrected chi connectivity index (χ3v) is 3.66. The highest BCUT2D eigenvalue weighted by atomic mass is 16.6. The van der Waals surface area contributed by atoms with Gasteiger partial charge in [-0.2, -0.15) is 0 Å². The molecule has 1 amide bonds. The standard InChI is InChI=1S/C18H18N2O6/c1-11-8-9-13(10-15(11)20(23)24)18(22)26-12(2)17(21)19-14-6-4-5-7-16(14)25-3/h4-10,12H,1-3H3,(H,19,21)/t12-/m0/s1. The number of methoxy groups -OCH3 is 1. The molecule has 1 N–H and O–H groups in total. The first-order valence-electron chi connectivity index (χ1n) is 7.73. The summed E-state index contributed by atoms with van der Waals surface area (Å²) in [6.07, 6.45) is -1.10. The van der Waals surface area contributed by atoms with Gasteiger partial charge in [0.1, 0.15) is 5.75 Å². The Morgan fingerprint density at radius 3 is 2.54 bits per heavy atom. The van der Waals surface area contributed by atoms with Crippen molar-refractivity contribution in [1.82, 2.24) is 0 Å². The van der Waals surface area contributed by atoms with Gasteiger partial charge in [0.05, 0.1) is 23.3 Å². The van der Waals surface area contributed by atoms with Crippen LogP contribution in [0.2, 0.25) is 0 Å². The number of nitrogens with zero attached hydrogens (tertiary/aromatic N) is 1. The van der Waals surface area contributed by atoms with Gasteiger partial charge < -0.3 is 14.8 Å². The van der Waals surface area contributed by atoms with Crippen molar-refractivity contribution in [1.29, 1.82) is 0 Å². The zero-order valence-electron chi connectivity index (χ0n) is 14.5. The first-order valence-corrected chi connectivity index (χ1v) is 7.73. The SMILES string of the molecule is COc1ccccc1NC(=O)[C@H](C)OC(=O)c1ccc(C)c([N+](=O)[O-])c1. The van der Waals surface area contributed by atoms with E-state index in [-0.39, 0.29) is 11.3 Å². The fourth-order valence-corrected chi connectivity index (χ4v) is 2.20. The predicted molar refractivity (Wildman–Crippen MR) is 94.3 cm³/mol. The van der Waals surface area contributed by atoms with E-state index in [1.165, 1.54) is 26.2 Å². The Morgan fingerprint density at radius 2 is 1.88 bits per heavy atom. The summed E-state index contributed by atoms with van der Waals surface area (Å²) in [5.41, 5.74) is 0.673. The number of para-hydroxylation sites is 2. The minimum atomic E-state index is -1.10. The Labute approximate surface area is 149 Å². The maximum atomic E-state index is 12.2. The van der Waals surface area contributed by atoms with Crippen LogP contribution in [-0.2, 0) is 9.53 Å². The topological polar surface area (TPSA) is 108 Å². The molecule has 0 saturated heterocycles. The molecule has 0 aliphatic heterocycles. The van der Waals surface area contributed by atoms with Gasteiger partial charge in [-0.25, -0.2) is 4.79 Å². The molecule has 0 spiro atoms. The van der Waals surface area contributed by atoms with Crippen molar-refractivity contribution in [3.8, 4) is 5.75 Å². The van der Waals surface area contributed by atoms with Crippen LogP contribution >= 0.6 is 0 Å². The molecule has 0 aliphatic carbocycles. The van der Waals surface area contributed by atoms with Crippen molar-refractivity contribution in [2.45, 2.75) is 20.0 Å². The van der Waals surface area contributed by atoms with Crippen molar-refractivity contribution >= 4 is 23.3 Å². The monoisotopic (exact) mass is 358 g/mol. The van der Waals surface area contributed by atoms with Crippen LogP contribution in [0, 0.1) is 17.0 Å². The molecule has 2 aromatic carbocycles. The van der Waals surface area contributed by atoms with Crippen LogP contribution in [0.4, 0.5) is 11.4 Å². The molecule has 2 rings (SSSR count).